The third-order valence-corrected chi connectivity index (χ3v) is 5.53. The summed E-state index contributed by atoms with van der Waals surface area (Å²) in [6, 6.07) is 5.06. The summed E-state index contributed by atoms with van der Waals surface area (Å²) in [7, 11) is 0. The van der Waals surface area contributed by atoms with Gasteiger partial charge in [-0.05, 0) is 43.2 Å². The first kappa shape index (κ1) is 26.8. The number of hydrogen-bond donors (Lipinski definition) is 3. The van der Waals surface area contributed by atoms with E-state index in [0.29, 0.717) is 37.0 Å². The lowest BCUT2D eigenvalue weighted by Gasteiger charge is -2.17. The van der Waals surface area contributed by atoms with E-state index in [1.54, 1.807) is 0 Å². The van der Waals surface area contributed by atoms with E-state index in [9.17, 15) is 40.3 Å². The Morgan fingerprint density at radius 2 is 1.58 bits per heavy atom. The Kier molecular flexibility index (Phi) is 6.95. The molecule has 2 heterocycles. The number of pyridine rings is 1. The van der Waals surface area contributed by atoms with Crippen LogP contribution in [0.2, 0.25) is 0 Å². The van der Waals surface area contributed by atoms with Crippen molar-refractivity contribution in [3.05, 3.63) is 77.4 Å². The van der Waals surface area contributed by atoms with Crippen molar-refractivity contribution in [2.24, 2.45) is 0 Å². The molecule has 3 N–H and O–H groups in total. The fraction of sp³-hybridized carbons (Fsp3) is 0.261. The SMILES string of the molecule is O=C(NC1(C(=O)NCc2ccc(Nc3ccc(F)cc3C(F)(F)F)cn2)CC1)c1cnc(C(F)(F)F)nc1. The third-order valence-electron chi connectivity index (χ3n) is 5.53. The highest BCUT2D eigenvalue weighted by Gasteiger charge is 2.51. The molecule has 3 aromatic rings. The number of halogens is 7. The number of hydrogen-bond acceptors (Lipinski definition) is 6. The first-order valence-electron chi connectivity index (χ1n) is 10.9. The first-order chi connectivity index (χ1) is 17.8. The van der Waals surface area contributed by atoms with Crippen LogP contribution in [0.1, 0.15) is 40.3 Å². The predicted octanol–water partition coefficient (Wildman–Crippen LogP) is 4.37. The van der Waals surface area contributed by atoms with Crippen molar-refractivity contribution < 1.29 is 40.3 Å². The molecule has 1 fully saturated rings. The Morgan fingerprint density at radius 1 is 0.895 bits per heavy atom. The van der Waals surface area contributed by atoms with E-state index < -0.39 is 46.9 Å². The smallest absolute Gasteiger partial charge is 0.354 e. The van der Waals surface area contributed by atoms with Crippen LogP contribution >= 0.6 is 0 Å². The molecule has 0 radical (unpaired) electrons. The Balaban J connectivity index is 1.34. The Hall–Kier alpha value is -4.30. The van der Waals surface area contributed by atoms with Crippen LogP contribution in [0.4, 0.5) is 42.1 Å². The minimum atomic E-state index is -4.78. The van der Waals surface area contributed by atoms with Crippen LogP contribution < -0.4 is 16.0 Å². The van der Waals surface area contributed by atoms with Gasteiger partial charge in [0.25, 0.3) is 5.91 Å². The number of nitrogens with zero attached hydrogens (tertiary/aromatic N) is 3. The summed E-state index contributed by atoms with van der Waals surface area (Å²) in [5, 5.41) is 7.58. The third kappa shape index (κ3) is 6.15. The molecule has 0 aliphatic heterocycles. The van der Waals surface area contributed by atoms with Gasteiger partial charge in [0.15, 0.2) is 0 Å². The minimum absolute atomic E-state index is 0.0789. The first-order valence-corrected chi connectivity index (χ1v) is 10.9. The molecule has 4 rings (SSSR count). The summed E-state index contributed by atoms with van der Waals surface area (Å²) < 4.78 is 90.5. The standard InChI is InChI=1S/C23H17F7N6O2/c24-13-1-4-17(16(7-13)22(25,26)27)35-15-3-2-14(31-11-15)10-34-20(38)21(5-6-21)36-18(37)12-8-32-19(33-9-12)23(28,29)30/h1-4,7-9,11,35H,5-6,10H2,(H,34,38)(H,36,37). The van der Waals surface area contributed by atoms with Crippen LogP contribution in [0.15, 0.2) is 48.9 Å². The number of nitrogens with one attached hydrogen (secondary N) is 3. The second-order valence-corrected chi connectivity index (χ2v) is 8.36. The van der Waals surface area contributed by atoms with Gasteiger partial charge in [-0.25, -0.2) is 14.4 Å². The lowest BCUT2D eigenvalue weighted by molar-refractivity contribution is -0.145. The van der Waals surface area contributed by atoms with Crippen LogP contribution in [0.5, 0.6) is 0 Å². The van der Waals surface area contributed by atoms with E-state index in [1.165, 1.54) is 18.3 Å². The zero-order valence-corrected chi connectivity index (χ0v) is 19.0. The Morgan fingerprint density at radius 3 is 2.13 bits per heavy atom. The van der Waals surface area contributed by atoms with E-state index in [1.807, 2.05) is 0 Å². The summed E-state index contributed by atoms with van der Waals surface area (Å²) in [5.74, 6) is -3.81. The summed E-state index contributed by atoms with van der Waals surface area (Å²) in [4.78, 5) is 35.3. The zero-order chi connectivity index (χ0) is 27.7. The molecule has 2 amide bonds. The van der Waals surface area contributed by atoms with Crippen molar-refractivity contribution in [2.45, 2.75) is 37.3 Å². The number of carbonyl (C=O) groups excluding carboxylic acids is 2. The molecule has 1 aliphatic carbocycles. The Labute approximate surface area is 209 Å². The van der Waals surface area contributed by atoms with E-state index >= 15 is 0 Å². The van der Waals surface area contributed by atoms with Crippen molar-refractivity contribution in [2.75, 3.05) is 5.32 Å². The lowest BCUT2D eigenvalue weighted by atomic mass is 10.1. The molecular weight excluding hydrogens is 525 g/mol. The molecule has 38 heavy (non-hydrogen) atoms. The normalized spacial score (nSPS) is 14.5. The summed E-state index contributed by atoms with van der Waals surface area (Å²) >= 11 is 0. The number of benzene rings is 1. The number of aromatic nitrogens is 3. The van der Waals surface area contributed by atoms with Gasteiger partial charge in [0.1, 0.15) is 11.4 Å². The number of carbonyl (C=O) groups is 2. The maximum absolute atomic E-state index is 13.3. The van der Waals surface area contributed by atoms with Crippen molar-refractivity contribution in [1.82, 2.24) is 25.6 Å². The van der Waals surface area contributed by atoms with Crippen LogP contribution in [-0.4, -0.2) is 32.3 Å². The van der Waals surface area contributed by atoms with Crippen LogP contribution in [-0.2, 0) is 23.7 Å². The van der Waals surface area contributed by atoms with Crippen molar-refractivity contribution in [3.8, 4) is 0 Å². The molecule has 2 aromatic heterocycles. The molecule has 0 unspecified atom stereocenters. The van der Waals surface area contributed by atoms with Gasteiger partial charge in [-0.15, -0.1) is 0 Å². The highest BCUT2D eigenvalue weighted by atomic mass is 19.4. The lowest BCUT2D eigenvalue weighted by Crippen LogP contribution is -2.48. The number of rotatable bonds is 7. The maximum Gasteiger partial charge on any atom is 0.451 e. The van der Waals surface area contributed by atoms with E-state index in [4.69, 9.17) is 0 Å². The fourth-order valence-electron chi connectivity index (χ4n) is 3.37. The molecule has 200 valence electrons. The molecular formula is C23H17F7N6O2. The summed E-state index contributed by atoms with van der Waals surface area (Å²) in [6.07, 6.45) is -6.31. The molecule has 1 aliphatic rings. The molecule has 15 heteroatoms. The highest BCUT2D eigenvalue weighted by molar-refractivity contribution is 6.00. The van der Waals surface area contributed by atoms with Gasteiger partial charge in [0.05, 0.1) is 40.9 Å². The van der Waals surface area contributed by atoms with Crippen LogP contribution in [0.3, 0.4) is 0 Å². The molecule has 8 nitrogen and oxygen atoms in total. The van der Waals surface area contributed by atoms with E-state index in [0.717, 1.165) is 12.1 Å². The van der Waals surface area contributed by atoms with Gasteiger partial charge in [-0.2, -0.15) is 26.3 Å². The van der Waals surface area contributed by atoms with Gasteiger partial charge >= 0.3 is 12.4 Å². The second kappa shape index (κ2) is 9.87. The molecule has 0 atom stereocenters. The Bertz CT molecular complexity index is 1340. The van der Waals surface area contributed by atoms with E-state index in [-0.39, 0.29) is 23.5 Å². The number of amides is 2. The van der Waals surface area contributed by atoms with Gasteiger partial charge < -0.3 is 16.0 Å². The average Bonchev–Trinajstić information content (AvgIpc) is 3.64. The second-order valence-electron chi connectivity index (χ2n) is 8.36. The predicted molar refractivity (Wildman–Crippen MR) is 117 cm³/mol. The molecule has 1 saturated carbocycles. The van der Waals surface area contributed by atoms with Gasteiger partial charge in [0.2, 0.25) is 11.7 Å². The van der Waals surface area contributed by atoms with Gasteiger partial charge in [0, 0.05) is 12.4 Å². The van der Waals surface area contributed by atoms with Gasteiger partial charge in [-0.3, -0.25) is 14.6 Å². The average molecular weight is 542 g/mol. The minimum Gasteiger partial charge on any atom is -0.354 e. The van der Waals surface area contributed by atoms with Crippen molar-refractivity contribution in [3.63, 3.8) is 0 Å². The van der Waals surface area contributed by atoms with E-state index in [2.05, 4.69) is 30.9 Å². The quantitative estimate of drug-likeness (QED) is 0.383. The number of anilines is 2. The largest absolute Gasteiger partial charge is 0.451 e. The molecule has 0 spiro atoms. The van der Waals surface area contributed by atoms with Gasteiger partial charge in [-0.1, -0.05) is 0 Å². The molecule has 0 saturated heterocycles. The monoisotopic (exact) mass is 542 g/mol. The topological polar surface area (TPSA) is 109 Å². The van der Waals surface area contributed by atoms with Crippen molar-refractivity contribution >= 4 is 23.2 Å². The maximum atomic E-state index is 13.3. The molecule has 1 aromatic carbocycles. The summed E-state index contributed by atoms with van der Waals surface area (Å²) in [5.41, 5.74) is -2.53. The van der Waals surface area contributed by atoms with Crippen molar-refractivity contribution in [1.29, 1.82) is 0 Å². The van der Waals surface area contributed by atoms with Crippen LogP contribution in [0.25, 0.3) is 0 Å². The zero-order valence-electron chi connectivity index (χ0n) is 19.0. The van der Waals surface area contributed by atoms with Crippen LogP contribution in [0, 0.1) is 5.82 Å². The number of alkyl halides is 6. The summed E-state index contributed by atoms with van der Waals surface area (Å²) in [6.45, 7) is -0.0789. The molecule has 0 bridgehead atoms. The fourth-order valence-corrected chi connectivity index (χ4v) is 3.37. The highest BCUT2D eigenvalue weighted by Crippen LogP contribution is 2.37.